The Balaban J connectivity index is 0.000000523. The fraction of sp³-hybridized carbons (Fsp3) is 0.609. The number of ether oxygens (including phenoxy) is 1. The zero-order valence-electron chi connectivity index (χ0n) is 16.8. The van der Waals surface area contributed by atoms with Gasteiger partial charge in [0, 0.05) is 12.0 Å². The third-order valence-electron chi connectivity index (χ3n) is 4.55. The van der Waals surface area contributed by atoms with E-state index >= 15 is 0 Å². The van der Waals surface area contributed by atoms with Gasteiger partial charge in [-0.05, 0) is 18.6 Å². The van der Waals surface area contributed by atoms with Crippen LogP contribution in [-0.4, -0.2) is 17.7 Å². The normalized spacial score (nSPS) is 11.4. The lowest BCUT2D eigenvalue weighted by Crippen LogP contribution is -1.98. The van der Waals surface area contributed by atoms with Gasteiger partial charge in [-0.1, -0.05) is 95.4 Å². The highest BCUT2D eigenvalue weighted by atomic mass is 35.5. The number of fused-ring (bicyclic) bond motifs is 1. The van der Waals surface area contributed by atoms with Crippen LogP contribution in [0.3, 0.4) is 0 Å². The van der Waals surface area contributed by atoms with Crippen molar-refractivity contribution in [1.82, 2.24) is 0 Å². The van der Waals surface area contributed by atoms with E-state index in [2.05, 4.69) is 13.0 Å². The second-order valence-corrected chi connectivity index (χ2v) is 6.93. The summed E-state index contributed by atoms with van der Waals surface area (Å²) in [6.45, 7) is 2.95. The molecule has 1 heterocycles. The molecule has 1 aromatic rings. The second kappa shape index (κ2) is 17.9. The molecular weight excluding hydrogens is 360 g/mol. The molecular formula is C23H37ClO3. The van der Waals surface area contributed by atoms with Crippen LogP contribution in [0.1, 0.15) is 89.5 Å². The fourth-order valence-electron chi connectivity index (χ4n) is 3.00. The second-order valence-electron chi connectivity index (χ2n) is 6.93. The first-order chi connectivity index (χ1) is 12.7. The molecule has 1 aliphatic heterocycles. The van der Waals surface area contributed by atoms with Crippen molar-refractivity contribution in [1.29, 1.82) is 0 Å². The van der Waals surface area contributed by atoms with E-state index in [1.165, 1.54) is 63.4 Å². The van der Waals surface area contributed by atoms with E-state index < -0.39 is 5.97 Å². The number of unbranched alkanes of at least 4 members (excludes halogenated alkanes) is 10. The van der Waals surface area contributed by atoms with Crippen LogP contribution >= 0.6 is 12.4 Å². The lowest BCUT2D eigenvalue weighted by Gasteiger charge is -2.10. The van der Waals surface area contributed by atoms with Crippen LogP contribution in [0, 0.1) is 0 Å². The first kappa shape index (κ1) is 25.5. The molecule has 0 amide bonds. The van der Waals surface area contributed by atoms with Gasteiger partial charge in [-0.25, -0.2) is 0 Å². The van der Waals surface area contributed by atoms with Gasteiger partial charge in [0.15, 0.2) is 0 Å². The number of carbonyl (C=O) groups is 1. The van der Waals surface area contributed by atoms with Crippen molar-refractivity contribution >= 4 is 24.5 Å². The molecule has 1 N–H and O–H groups in total. The highest BCUT2D eigenvalue weighted by Gasteiger charge is 2.01. The average molecular weight is 397 g/mol. The lowest BCUT2D eigenvalue weighted by molar-refractivity contribution is -0.137. The Morgan fingerprint density at radius 1 is 0.926 bits per heavy atom. The Morgan fingerprint density at radius 3 is 2.04 bits per heavy atom. The molecule has 0 fully saturated rings. The molecule has 0 bridgehead atoms. The summed E-state index contributed by atoms with van der Waals surface area (Å²) in [6.07, 6.45) is 18.5. The number of benzene rings is 1. The van der Waals surface area contributed by atoms with Crippen molar-refractivity contribution in [2.45, 2.75) is 84.0 Å². The van der Waals surface area contributed by atoms with Gasteiger partial charge in [-0.3, -0.25) is 4.79 Å². The van der Waals surface area contributed by atoms with Gasteiger partial charge in [0.1, 0.15) is 12.4 Å². The zero-order chi connectivity index (χ0) is 18.9. The predicted octanol–water partition coefficient (Wildman–Crippen LogP) is 7.29. The number of aliphatic carboxylic acids is 1. The van der Waals surface area contributed by atoms with Crippen molar-refractivity contribution in [3.63, 3.8) is 0 Å². The monoisotopic (exact) mass is 396 g/mol. The maximum absolute atomic E-state index is 10.3. The summed E-state index contributed by atoms with van der Waals surface area (Å²) in [7, 11) is 0. The van der Waals surface area contributed by atoms with Crippen molar-refractivity contribution in [3.05, 3.63) is 35.9 Å². The standard InChI is InChI=1S/C14H28O2.C9H8O.ClH/c1-2-3-4-5-6-7-8-9-10-11-12-13-14(15)16;1-2-6-9-8(4-1)5-3-7-10-9;/h2-13H2,1H3,(H,15,16);1-6H,7H2;1H. The molecule has 154 valence electrons. The Hall–Kier alpha value is -1.48. The van der Waals surface area contributed by atoms with Gasteiger partial charge in [0.25, 0.3) is 0 Å². The highest BCUT2D eigenvalue weighted by molar-refractivity contribution is 5.85. The molecule has 2 rings (SSSR count). The minimum atomic E-state index is -0.657. The summed E-state index contributed by atoms with van der Waals surface area (Å²) < 4.78 is 5.34. The molecule has 1 aromatic carbocycles. The average Bonchev–Trinajstić information content (AvgIpc) is 2.66. The summed E-state index contributed by atoms with van der Waals surface area (Å²) in [5, 5.41) is 8.46. The number of rotatable bonds is 12. The van der Waals surface area contributed by atoms with Crippen LogP contribution in [0.15, 0.2) is 30.3 Å². The minimum absolute atomic E-state index is 0. The van der Waals surface area contributed by atoms with Gasteiger partial charge in [-0.2, -0.15) is 0 Å². The van der Waals surface area contributed by atoms with Gasteiger partial charge in [-0.15, -0.1) is 12.4 Å². The summed E-state index contributed by atoms with van der Waals surface area (Å²) in [4.78, 5) is 10.3. The van der Waals surface area contributed by atoms with Crippen molar-refractivity contribution in [2.75, 3.05) is 6.61 Å². The number of para-hydroxylation sites is 1. The predicted molar refractivity (Wildman–Crippen MR) is 117 cm³/mol. The number of carboxylic acid groups (broad SMARTS) is 1. The van der Waals surface area contributed by atoms with E-state index in [0.717, 1.165) is 18.6 Å². The number of carboxylic acids is 1. The first-order valence-electron chi connectivity index (χ1n) is 10.3. The van der Waals surface area contributed by atoms with Gasteiger partial charge < -0.3 is 9.84 Å². The van der Waals surface area contributed by atoms with Crippen LogP contribution < -0.4 is 4.74 Å². The van der Waals surface area contributed by atoms with Crippen LogP contribution in [0.2, 0.25) is 0 Å². The molecule has 0 unspecified atom stereocenters. The molecule has 0 saturated carbocycles. The maximum Gasteiger partial charge on any atom is 0.303 e. The summed E-state index contributed by atoms with van der Waals surface area (Å²) in [5.41, 5.74) is 1.17. The number of hydrogen-bond donors (Lipinski definition) is 1. The Morgan fingerprint density at radius 2 is 1.48 bits per heavy atom. The number of hydrogen-bond acceptors (Lipinski definition) is 2. The minimum Gasteiger partial charge on any atom is -0.489 e. The molecule has 0 spiro atoms. The molecule has 3 nitrogen and oxygen atoms in total. The van der Waals surface area contributed by atoms with Gasteiger partial charge in [0.2, 0.25) is 0 Å². The molecule has 0 radical (unpaired) electrons. The van der Waals surface area contributed by atoms with Gasteiger partial charge in [0.05, 0.1) is 0 Å². The molecule has 0 aliphatic carbocycles. The Kier molecular flexibility index (Phi) is 16.9. The van der Waals surface area contributed by atoms with E-state index in [-0.39, 0.29) is 12.4 Å². The molecule has 0 aromatic heterocycles. The maximum atomic E-state index is 10.3. The largest absolute Gasteiger partial charge is 0.489 e. The molecule has 0 atom stereocenters. The molecule has 1 aliphatic rings. The molecule has 4 heteroatoms. The molecule has 0 saturated heterocycles. The van der Waals surface area contributed by atoms with Crippen LogP contribution in [-0.2, 0) is 4.79 Å². The van der Waals surface area contributed by atoms with Crippen molar-refractivity contribution < 1.29 is 14.6 Å². The van der Waals surface area contributed by atoms with Crippen molar-refractivity contribution in [3.8, 4) is 5.75 Å². The third kappa shape index (κ3) is 14.3. The summed E-state index contributed by atoms with van der Waals surface area (Å²) in [5.74, 6) is 0.334. The van der Waals surface area contributed by atoms with E-state index in [1.54, 1.807) is 0 Å². The van der Waals surface area contributed by atoms with Crippen molar-refractivity contribution in [2.24, 2.45) is 0 Å². The lowest BCUT2D eigenvalue weighted by atomic mass is 10.1. The van der Waals surface area contributed by atoms with E-state index in [4.69, 9.17) is 9.84 Å². The molecule has 27 heavy (non-hydrogen) atoms. The SMILES string of the molecule is C1=Cc2ccccc2OC1.CCCCCCCCCCCCCC(=O)O.Cl. The van der Waals surface area contributed by atoms with Gasteiger partial charge >= 0.3 is 5.97 Å². The van der Waals surface area contributed by atoms with Crippen LogP contribution in [0.25, 0.3) is 6.08 Å². The van der Waals surface area contributed by atoms with E-state index in [1.807, 2.05) is 30.3 Å². The Labute approximate surface area is 171 Å². The third-order valence-corrected chi connectivity index (χ3v) is 4.55. The van der Waals surface area contributed by atoms with Crippen LogP contribution in [0.4, 0.5) is 0 Å². The first-order valence-corrected chi connectivity index (χ1v) is 10.3. The smallest absolute Gasteiger partial charge is 0.303 e. The summed E-state index contributed by atoms with van der Waals surface area (Å²) >= 11 is 0. The van der Waals surface area contributed by atoms with E-state index in [9.17, 15) is 4.79 Å². The zero-order valence-corrected chi connectivity index (χ0v) is 17.6. The summed E-state index contributed by atoms with van der Waals surface area (Å²) in [6, 6.07) is 8.03. The quantitative estimate of drug-likeness (QED) is 0.377. The Bertz CT molecular complexity index is 514. The van der Waals surface area contributed by atoms with E-state index in [0.29, 0.717) is 13.0 Å². The fourth-order valence-corrected chi connectivity index (χ4v) is 3.00. The number of halogens is 1. The highest BCUT2D eigenvalue weighted by Crippen LogP contribution is 2.21. The van der Waals surface area contributed by atoms with Crippen LogP contribution in [0.5, 0.6) is 5.75 Å². The topological polar surface area (TPSA) is 46.5 Å².